The van der Waals surface area contributed by atoms with Crippen LogP contribution in [0.2, 0.25) is 5.02 Å². The topological polar surface area (TPSA) is 69.0 Å². The minimum absolute atomic E-state index is 0.213. The molecule has 0 fully saturated rings. The van der Waals surface area contributed by atoms with Crippen LogP contribution in [0.4, 0.5) is 5.69 Å². The van der Waals surface area contributed by atoms with Gasteiger partial charge < -0.3 is 10.1 Å². The molecule has 3 rings (SSSR count). The van der Waals surface area contributed by atoms with E-state index in [1.165, 1.54) is 0 Å². The molecule has 0 saturated carbocycles. The maximum Gasteiger partial charge on any atom is 0.277 e. The summed E-state index contributed by atoms with van der Waals surface area (Å²) in [5, 5.41) is 11.1. The summed E-state index contributed by atoms with van der Waals surface area (Å²) in [6.45, 7) is 4.70. The highest BCUT2D eigenvalue weighted by atomic mass is 35.5. The van der Waals surface area contributed by atoms with Crippen LogP contribution in [0.5, 0.6) is 5.75 Å². The van der Waals surface area contributed by atoms with Crippen LogP contribution in [-0.4, -0.2) is 27.5 Å². The predicted molar refractivity (Wildman–Crippen MR) is 101 cm³/mol. The van der Waals surface area contributed by atoms with E-state index in [4.69, 9.17) is 16.3 Å². The van der Waals surface area contributed by atoms with Crippen LogP contribution in [-0.2, 0) is 0 Å². The molecule has 1 amide bonds. The van der Waals surface area contributed by atoms with Crippen molar-refractivity contribution in [3.8, 4) is 11.4 Å². The third-order valence-electron chi connectivity index (χ3n) is 3.51. The molecule has 0 aliphatic rings. The fourth-order valence-electron chi connectivity index (χ4n) is 2.22. The maximum atomic E-state index is 12.4. The van der Waals surface area contributed by atoms with Crippen molar-refractivity contribution in [2.24, 2.45) is 5.92 Å². The first kappa shape index (κ1) is 17.9. The summed E-state index contributed by atoms with van der Waals surface area (Å²) in [7, 11) is 0. The highest BCUT2D eigenvalue weighted by Gasteiger charge is 2.13. The average molecular weight is 371 g/mol. The summed E-state index contributed by atoms with van der Waals surface area (Å²) in [6.07, 6.45) is 1.58. The molecule has 0 aliphatic heterocycles. The summed E-state index contributed by atoms with van der Waals surface area (Å²) in [4.78, 5) is 12.4. The van der Waals surface area contributed by atoms with Gasteiger partial charge in [-0.2, -0.15) is 0 Å². The van der Waals surface area contributed by atoms with Crippen LogP contribution in [0, 0.1) is 5.92 Å². The van der Waals surface area contributed by atoms with Crippen molar-refractivity contribution in [2.75, 3.05) is 11.9 Å². The number of amides is 1. The van der Waals surface area contributed by atoms with Crippen LogP contribution < -0.4 is 10.1 Å². The van der Waals surface area contributed by atoms with E-state index in [1.807, 2.05) is 30.3 Å². The molecule has 26 heavy (non-hydrogen) atoms. The van der Waals surface area contributed by atoms with Gasteiger partial charge in [0.05, 0.1) is 23.5 Å². The van der Waals surface area contributed by atoms with Gasteiger partial charge >= 0.3 is 0 Å². The highest BCUT2D eigenvalue weighted by molar-refractivity contribution is 6.32. The summed E-state index contributed by atoms with van der Waals surface area (Å²) in [6, 6.07) is 14.6. The average Bonchev–Trinajstić information content (AvgIpc) is 3.12. The third kappa shape index (κ3) is 4.40. The summed E-state index contributed by atoms with van der Waals surface area (Å²) < 4.78 is 7.17. The fraction of sp³-hybridized carbons (Fsp3) is 0.211. The number of ether oxygens (including phenoxy) is 1. The number of carbonyl (C=O) groups is 1. The Bertz CT molecular complexity index is 894. The number of aromatic nitrogens is 3. The zero-order valence-electron chi connectivity index (χ0n) is 14.5. The molecule has 0 saturated heterocycles. The smallest absolute Gasteiger partial charge is 0.277 e. The fourth-order valence-corrected chi connectivity index (χ4v) is 2.46. The van der Waals surface area contributed by atoms with E-state index in [1.54, 1.807) is 29.1 Å². The first-order chi connectivity index (χ1) is 12.5. The number of nitrogens with one attached hydrogen (secondary N) is 1. The van der Waals surface area contributed by atoms with Gasteiger partial charge in [0, 0.05) is 5.69 Å². The molecule has 1 heterocycles. The van der Waals surface area contributed by atoms with E-state index in [0.717, 1.165) is 5.69 Å². The highest BCUT2D eigenvalue weighted by Crippen LogP contribution is 2.28. The Kier molecular flexibility index (Phi) is 5.53. The lowest BCUT2D eigenvalue weighted by Gasteiger charge is -2.11. The minimum atomic E-state index is -0.362. The van der Waals surface area contributed by atoms with E-state index in [9.17, 15) is 4.79 Å². The van der Waals surface area contributed by atoms with Gasteiger partial charge in [0.1, 0.15) is 5.75 Å². The Hall–Kier alpha value is -2.86. The van der Waals surface area contributed by atoms with Crippen LogP contribution in [0.1, 0.15) is 24.3 Å². The van der Waals surface area contributed by atoms with E-state index in [2.05, 4.69) is 29.5 Å². The summed E-state index contributed by atoms with van der Waals surface area (Å²) in [5.41, 5.74) is 1.60. The molecular weight excluding hydrogens is 352 g/mol. The van der Waals surface area contributed by atoms with Crippen molar-refractivity contribution < 1.29 is 9.53 Å². The Morgan fingerprint density at radius 2 is 2.00 bits per heavy atom. The van der Waals surface area contributed by atoms with Crippen molar-refractivity contribution in [2.45, 2.75) is 13.8 Å². The van der Waals surface area contributed by atoms with Gasteiger partial charge in [-0.15, -0.1) is 5.10 Å². The number of hydrogen-bond acceptors (Lipinski definition) is 4. The number of halogens is 1. The number of hydrogen-bond donors (Lipinski definition) is 1. The molecule has 0 radical (unpaired) electrons. The lowest BCUT2D eigenvalue weighted by Crippen LogP contribution is -2.12. The number of para-hydroxylation sites is 1. The second-order valence-electron chi connectivity index (χ2n) is 6.19. The van der Waals surface area contributed by atoms with Crippen molar-refractivity contribution in [1.82, 2.24) is 15.0 Å². The molecule has 0 spiro atoms. The van der Waals surface area contributed by atoms with Crippen molar-refractivity contribution >= 4 is 23.2 Å². The van der Waals surface area contributed by atoms with E-state index >= 15 is 0 Å². The molecule has 0 atom stereocenters. The number of anilines is 1. The van der Waals surface area contributed by atoms with Crippen LogP contribution >= 0.6 is 11.6 Å². The molecule has 0 unspecified atom stereocenters. The molecule has 2 aromatic carbocycles. The summed E-state index contributed by atoms with van der Waals surface area (Å²) >= 11 is 6.22. The lowest BCUT2D eigenvalue weighted by atomic mass is 10.2. The first-order valence-corrected chi connectivity index (χ1v) is 8.62. The number of benzene rings is 2. The Morgan fingerprint density at radius 1 is 1.23 bits per heavy atom. The molecule has 0 aliphatic carbocycles. The molecule has 6 nitrogen and oxygen atoms in total. The van der Waals surface area contributed by atoms with Crippen molar-refractivity contribution in [3.05, 3.63) is 65.4 Å². The van der Waals surface area contributed by atoms with E-state index < -0.39 is 0 Å². The number of nitrogens with zero attached hydrogens (tertiary/aromatic N) is 3. The normalized spacial score (nSPS) is 10.8. The van der Waals surface area contributed by atoms with Crippen LogP contribution in [0.25, 0.3) is 5.69 Å². The molecule has 134 valence electrons. The molecule has 0 bridgehead atoms. The van der Waals surface area contributed by atoms with Crippen LogP contribution in [0.15, 0.2) is 54.7 Å². The van der Waals surface area contributed by atoms with Gasteiger partial charge in [-0.1, -0.05) is 48.9 Å². The first-order valence-electron chi connectivity index (χ1n) is 8.24. The zero-order valence-corrected chi connectivity index (χ0v) is 15.3. The zero-order chi connectivity index (χ0) is 18.5. The SMILES string of the molecule is CC(C)COc1ccc(NC(=O)c2cn(-c3ccccc3)nn2)cc1Cl. The Balaban J connectivity index is 1.68. The quantitative estimate of drug-likeness (QED) is 0.705. The van der Waals surface area contributed by atoms with Crippen molar-refractivity contribution in [1.29, 1.82) is 0 Å². The third-order valence-corrected chi connectivity index (χ3v) is 3.80. The minimum Gasteiger partial charge on any atom is -0.492 e. The van der Waals surface area contributed by atoms with Gasteiger partial charge in [-0.3, -0.25) is 4.79 Å². The van der Waals surface area contributed by atoms with Crippen LogP contribution in [0.3, 0.4) is 0 Å². The maximum absolute atomic E-state index is 12.4. The molecular formula is C19H19ClN4O2. The molecule has 1 aromatic heterocycles. The van der Waals surface area contributed by atoms with Gasteiger partial charge in [0.15, 0.2) is 5.69 Å². The number of rotatable bonds is 6. The van der Waals surface area contributed by atoms with E-state index in [-0.39, 0.29) is 11.6 Å². The Labute approximate surface area is 156 Å². The standard InChI is InChI=1S/C19H19ClN4O2/c1-13(2)12-26-18-9-8-14(10-16(18)20)21-19(25)17-11-24(23-22-17)15-6-4-3-5-7-15/h3-11,13H,12H2,1-2H3,(H,21,25). The molecule has 3 aromatic rings. The Morgan fingerprint density at radius 3 is 2.69 bits per heavy atom. The molecule has 7 heteroatoms. The molecule has 1 N–H and O–H groups in total. The van der Waals surface area contributed by atoms with Gasteiger partial charge in [0.2, 0.25) is 0 Å². The second kappa shape index (κ2) is 8.01. The van der Waals surface area contributed by atoms with Gasteiger partial charge in [0.25, 0.3) is 5.91 Å². The largest absolute Gasteiger partial charge is 0.492 e. The summed E-state index contributed by atoms with van der Waals surface area (Å²) in [5.74, 6) is 0.630. The van der Waals surface area contributed by atoms with Gasteiger partial charge in [-0.25, -0.2) is 4.68 Å². The second-order valence-corrected chi connectivity index (χ2v) is 6.60. The predicted octanol–water partition coefficient (Wildman–Crippen LogP) is 4.21. The van der Waals surface area contributed by atoms with Gasteiger partial charge in [-0.05, 0) is 36.2 Å². The monoisotopic (exact) mass is 370 g/mol. The number of carbonyl (C=O) groups excluding carboxylic acids is 1. The van der Waals surface area contributed by atoms with Crippen molar-refractivity contribution in [3.63, 3.8) is 0 Å². The van der Waals surface area contributed by atoms with E-state index in [0.29, 0.717) is 29.0 Å². The lowest BCUT2D eigenvalue weighted by molar-refractivity contribution is 0.102.